The highest BCUT2D eigenvalue weighted by atomic mass is 19.1. The van der Waals surface area contributed by atoms with E-state index in [1.807, 2.05) is 0 Å². The standard InChI is InChI=1S/C14H15FO4.C2H4/c1-3-9-5-6-10(7-11(9)15)12(16)8-13(17)14(18)19-4-2;1-2/h5-8,16H,3-4H2,1-2H3;1-2H2/b12-8-;. The molecule has 1 N–H and O–H groups in total. The van der Waals surface area contributed by atoms with Crippen LogP contribution in [0.3, 0.4) is 0 Å². The molecular weight excluding hydrogens is 275 g/mol. The van der Waals surface area contributed by atoms with Crippen LogP contribution in [0.1, 0.15) is 25.0 Å². The maximum atomic E-state index is 13.5. The molecule has 0 aromatic heterocycles. The normalized spacial score (nSPS) is 10.3. The molecule has 114 valence electrons. The van der Waals surface area contributed by atoms with Crippen molar-refractivity contribution in [2.45, 2.75) is 20.3 Å². The molecule has 1 aromatic carbocycles. The Bertz CT molecular complexity index is 535. The van der Waals surface area contributed by atoms with Crippen LogP contribution in [0.4, 0.5) is 4.39 Å². The first-order chi connectivity index (χ1) is 9.99. The van der Waals surface area contributed by atoms with Crippen molar-refractivity contribution in [3.63, 3.8) is 0 Å². The molecule has 0 radical (unpaired) electrons. The molecule has 4 nitrogen and oxygen atoms in total. The van der Waals surface area contributed by atoms with E-state index < -0.39 is 23.3 Å². The largest absolute Gasteiger partial charge is 0.507 e. The molecule has 0 unspecified atom stereocenters. The minimum Gasteiger partial charge on any atom is -0.507 e. The predicted octanol–water partition coefficient (Wildman–Crippen LogP) is 3.22. The van der Waals surface area contributed by atoms with E-state index in [0.29, 0.717) is 12.0 Å². The number of ether oxygens (including phenoxy) is 1. The van der Waals surface area contributed by atoms with Crippen LogP contribution in [0, 0.1) is 5.82 Å². The summed E-state index contributed by atoms with van der Waals surface area (Å²) in [5.41, 5.74) is 0.639. The Hall–Kier alpha value is -2.43. The molecule has 0 spiro atoms. The van der Waals surface area contributed by atoms with E-state index in [9.17, 15) is 19.1 Å². The van der Waals surface area contributed by atoms with E-state index in [2.05, 4.69) is 17.9 Å². The Morgan fingerprint density at radius 3 is 2.43 bits per heavy atom. The lowest BCUT2D eigenvalue weighted by atomic mass is 10.1. The Kier molecular flexibility index (Phi) is 8.37. The Morgan fingerprint density at radius 2 is 1.95 bits per heavy atom. The number of carbonyl (C=O) groups excluding carboxylic acids is 2. The van der Waals surface area contributed by atoms with E-state index in [0.717, 1.165) is 12.1 Å². The van der Waals surface area contributed by atoms with Gasteiger partial charge in [-0.25, -0.2) is 9.18 Å². The molecule has 0 aliphatic heterocycles. The molecule has 1 rings (SSSR count). The summed E-state index contributed by atoms with van der Waals surface area (Å²) in [5, 5.41) is 9.66. The first-order valence-corrected chi connectivity index (χ1v) is 6.40. The van der Waals surface area contributed by atoms with Crippen molar-refractivity contribution in [3.8, 4) is 0 Å². The molecule has 0 fully saturated rings. The summed E-state index contributed by atoms with van der Waals surface area (Å²) >= 11 is 0. The molecule has 0 saturated heterocycles. The number of hydrogen-bond donors (Lipinski definition) is 1. The van der Waals surface area contributed by atoms with Gasteiger partial charge in [0.2, 0.25) is 0 Å². The monoisotopic (exact) mass is 294 g/mol. The number of aliphatic hydroxyl groups is 1. The fourth-order valence-corrected chi connectivity index (χ4v) is 1.46. The van der Waals surface area contributed by atoms with Crippen molar-refractivity contribution < 1.29 is 23.8 Å². The average molecular weight is 294 g/mol. The number of hydrogen-bond acceptors (Lipinski definition) is 4. The third-order valence-electron chi connectivity index (χ3n) is 2.47. The second kappa shape index (κ2) is 9.47. The predicted molar refractivity (Wildman–Crippen MR) is 79.3 cm³/mol. The van der Waals surface area contributed by atoms with Gasteiger partial charge in [0.05, 0.1) is 6.61 Å². The zero-order valence-corrected chi connectivity index (χ0v) is 12.2. The molecule has 5 heteroatoms. The molecule has 0 atom stereocenters. The van der Waals surface area contributed by atoms with Gasteiger partial charge in [0.1, 0.15) is 11.6 Å². The van der Waals surface area contributed by atoms with E-state index >= 15 is 0 Å². The van der Waals surface area contributed by atoms with Crippen molar-refractivity contribution in [2.24, 2.45) is 0 Å². The van der Waals surface area contributed by atoms with Crippen molar-refractivity contribution >= 4 is 17.5 Å². The number of carbonyl (C=O) groups is 2. The first kappa shape index (κ1) is 18.6. The quantitative estimate of drug-likeness (QED) is 0.298. The highest BCUT2D eigenvalue weighted by molar-refractivity contribution is 6.39. The summed E-state index contributed by atoms with van der Waals surface area (Å²) in [6, 6.07) is 4.11. The van der Waals surface area contributed by atoms with Gasteiger partial charge in [0.25, 0.3) is 5.78 Å². The zero-order chi connectivity index (χ0) is 16.4. The Labute approximate surface area is 123 Å². The SMILES string of the molecule is C=C.CCOC(=O)C(=O)/C=C(\O)c1ccc(CC)c(F)c1. The van der Waals surface area contributed by atoms with Gasteiger partial charge in [-0.15, -0.1) is 13.2 Å². The number of halogens is 1. The highest BCUT2D eigenvalue weighted by Crippen LogP contribution is 2.16. The maximum absolute atomic E-state index is 13.5. The van der Waals surface area contributed by atoms with Crippen molar-refractivity contribution in [1.29, 1.82) is 0 Å². The van der Waals surface area contributed by atoms with Crippen LogP contribution in [0.5, 0.6) is 0 Å². The summed E-state index contributed by atoms with van der Waals surface area (Å²) < 4.78 is 18.0. The van der Waals surface area contributed by atoms with Crippen molar-refractivity contribution in [2.75, 3.05) is 6.61 Å². The smallest absolute Gasteiger partial charge is 0.379 e. The number of rotatable bonds is 5. The highest BCUT2D eigenvalue weighted by Gasteiger charge is 2.14. The second-order valence-electron chi connectivity index (χ2n) is 3.77. The average Bonchev–Trinajstić information content (AvgIpc) is 2.49. The van der Waals surface area contributed by atoms with Gasteiger partial charge >= 0.3 is 5.97 Å². The fourth-order valence-electron chi connectivity index (χ4n) is 1.46. The minimum atomic E-state index is -1.06. The molecular formula is C16H19FO4. The molecule has 1 aromatic rings. The Balaban J connectivity index is 0.00000191. The van der Waals surface area contributed by atoms with E-state index in [1.54, 1.807) is 13.8 Å². The topological polar surface area (TPSA) is 63.6 Å². The number of esters is 1. The molecule has 0 saturated carbocycles. The van der Waals surface area contributed by atoms with Gasteiger partial charge in [-0.1, -0.05) is 19.1 Å². The van der Waals surface area contributed by atoms with Gasteiger partial charge in [-0.2, -0.15) is 0 Å². The van der Waals surface area contributed by atoms with Gasteiger partial charge in [0, 0.05) is 11.6 Å². The van der Waals surface area contributed by atoms with Crippen LogP contribution >= 0.6 is 0 Å². The number of benzene rings is 1. The van der Waals surface area contributed by atoms with Crippen LogP contribution in [-0.2, 0) is 20.7 Å². The third kappa shape index (κ3) is 5.60. The van der Waals surface area contributed by atoms with Crippen LogP contribution in [0.25, 0.3) is 5.76 Å². The molecule has 0 bridgehead atoms. The van der Waals surface area contributed by atoms with Gasteiger partial charge in [-0.05, 0) is 25.0 Å². The van der Waals surface area contributed by atoms with Gasteiger partial charge in [-0.3, -0.25) is 4.79 Å². The van der Waals surface area contributed by atoms with Gasteiger partial charge < -0.3 is 9.84 Å². The first-order valence-electron chi connectivity index (χ1n) is 6.40. The van der Waals surface area contributed by atoms with Crippen LogP contribution in [0.2, 0.25) is 0 Å². The molecule has 0 aliphatic rings. The van der Waals surface area contributed by atoms with E-state index in [4.69, 9.17) is 0 Å². The maximum Gasteiger partial charge on any atom is 0.379 e. The third-order valence-corrected chi connectivity index (χ3v) is 2.47. The van der Waals surface area contributed by atoms with E-state index in [-0.39, 0.29) is 12.2 Å². The Morgan fingerprint density at radius 1 is 1.33 bits per heavy atom. The molecule has 21 heavy (non-hydrogen) atoms. The summed E-state index contributed by atoms with van der Waals surface area (Å²) in [4.78, 5) is 22.4. The lowest BCUT2D eigenvalue weighted by molar-refractivity contribution is -0.151. The number of aliphatic hydroxyl groups excluding tert-OH is 1. The molecule has 0 aliphatic carbocycles. The summed E-state index contributed by atoms with van der Waals surface area (Å²) in [6.45, 7) is 9.44. The summed E-state index contributed by atoms with van der Waals surface area (Å²) in [5.74, 6) is -2.98. The zero-order valence-electron chi connectivity index (χ0n) is 12.2. The van der Waals surface area contributed by atoms with Crippen LogP contribution in [0.15, 0.2) is 37.4 Å². The summed E-state index contributed by atoms with van der Waals surface area (Å²) in [6.07, 6.45) is 1.25. The van der Waals surface area contributed by atoms with E-state index in [1.165, 1.54) is 12.1 Å². The minimum absolute atomic E-state index is 0.0685. The van der Waals surface area contributed by atoms with Crippen LogP contribution < -0.4 is 0 Å². The summed E-state index contributed by atoms with van der Waals surface area (Å²) in [7, 11) is 0. The van der Waals surface area contributed by atoms with Crippen molar-refractivity contribution in [3.05, 3.63) is 54.4 Å². The number of aryl methyl sites for hydroxylation is 1. The fraction of sp³-hybridized carbons (Fsp3) is 0.250. The molecule has 0 heterocycles. The lowest BCUT2D eigenvalue weighted by Crippen LogP contribution is -2.15. The second-order valence-corrected chi connectivity index (χ2v) is 3.77. The van der Waals surface area contributed by atoms with Crippen LogP contribution in [-0.4, -0.2) is 23.5 Å². The molecule has 0 amide bonds. The number of ketones is 1. The lowest BCUT2D eigenvalue weighted by Gasteiger charge is -2.04. The van der Waals surface area contributed by atoms with Gasteiger partial charge in [0.15, 0.2) is 0 Å². The van der Waals surface area contributed by atoms with Crippen molar-refractivity contribution in [1.82, 2.24) is 0 Å².